The number of benzene rings is 1. The zero-order valence-electron chi connectivity index (χ0n) is 12.7. The van der Waals surface area contributed by atoms with E-state index in [-0.39, 0.29) is 5.54 Å². The fraction of sp³-hybridized carbons (Fsp3) is 0.538. The third-order valence-corrected chi connectivity index (χ3v) is 2.94. The zero-order chi connectivity index (χ0) is 16.8. The Kier molecular flexibility index (Phi) is 8.62. The molecule has 0 bridgehead atoms. The van der Waals surface area contributed by atoms with Gasteiger partial charge in [0.1, 0.15) is 0 Å². The maximum absolute atomic E-state index is 10.0. The molecule has 5 nitrogen and oxygen atoms in total. The number of β-amino-alcohol motifs (C(OH)–C–C–N with tert-alkyl or cyclic N) is 1. The smallest absolute Gasteiger partial charge is 0.427 e. The van der Waals surface area contributed by atoms with Gasteiger partial charge in [-0.05, 0) is 45.3 Å². The van der Waals surface area contributed by atoms with E-state index < -0.39 is 13.2 Å². The molecule has 0 spiro atoms. The molecule has 1 aromatic carbocycles. The van der Waals surface area contributed by atoms with Crippen LogP contribution in [0.25, 0.3) is 0 Å². The van der Waals surface area contributed by atoms with E-state index in [4.69, 9.17) is 39.0 Å². The average molecular weight is 337 g/mol. The van der Waals surface area contributed by atoms with Crippen LogP contribution in [0.1, 0.15) is 32.4 Å². The summed E-state index contributed by atoms with van der Waals surface area (Å²) < 4.78 is 0. The Bertz CT molecular complexity index is 428. The molecule has 8 heteroatoms. The van der Waals surface area contributed by atoms with Crippen molar-refractivity contribution < 1.29 is 15.2 Å². The van der Waals surface area contributed by atoms with Crippen molar-refractivity contribution in [2.24, 2.45) is 0 Å². The van der Waals surface area contributed by atoms with Crippen LogP contribution in [-0.4, -0.2) is 34.4 Å². The molecule has 0 saturated heterocycles. The third-order valence-electron chi connectivity index (χ3n) is 2.31. The largest absolute Gasteiger partial charge is 0.448 e. The Morgan fingerprint density at radius 2 is 1.62 bits per heavy atom. The Labute approximate surface area is 136 Å². The molecule has 1 rings (SSSR count). The fourth-order valence-electron chi connectivity index (χ4n) is 1.32. The van der Waals surface area contributed by atoms with Crippen LogP contribution in [0, 0.1) is 0 Å². The normalized spacial score (nSPS) is 12.4. The SMILES string of the molecule is CB(O)O.CC(C)(C)NCC(O)c1cc(Cl)c(N)c(Cl)c1. The van der Waals surface area contributed by atoms with Gasteiger partial charge in [-0.2, -0.15) is 0 Å². The number of nitrogens with two attached hydrogens (primary N) is 1. The third kappa shape index (κ3) is 9.19. The van der Waals surface area contributed by atoms with Gasteiger partial charge in [0.25, 0.3) is 0 Å². The first-order chi connectivity index (χ1) is 9.44. The number of nitrogen functional groups attached to an aromatic ring is 1. The van der Waals surface area contributed by atoms with Crippen molar-refractivity contribution in [3.05, 3.63) is 27.7 Å². The minimum Gasteiger partial charge on any atom is -0.427 e. The number of aliphatic hydroxyl groups excluding tert-OH is 1. The van der Waals surface area contributed by atoms with Crippen molar-refractivity contribution in [3.63, 3.8) is 0 Å². The van der Waals surface area contributed by atoms with Gasteiger partial charge in [0, 0.05) is 12.1 Å². The van der Waals surface area contributed by atoms with Crippen molar-refractivity contribution >= 4 is 36.0 Å². The van der Waals surface area contributed by atoms with E-state index in [0.29, 0.717) is 27.8 Å². The van der Waals surface area contributed by atoms with Gasteiger partial charge in [-0.1, -0.05) is 23.2 Å². The van der Waals surface area contributed by atoms with Crippen LogP contribution in [0.4, 0.5) is 5.69 Å². The second kappa shape index (κ2) is 8.83. The predicted octanol–water partition coefficient (Wildman–Crippen LogP) is 2.09. The van der Waals surface area contributed by atoms with E-state index in [1.165, 1.54) is 6.82 Å². The highest BCUT2D eigenvalue weighted by Crippen LogP contribution is 2.31. The van der Waals surface area contributed by atoms with Crippen molar-refractivity contribution in [2.75, 3.05) is 12.3 Å². The molecule has 1 aromatic rings. The molecule has 6 N–H and O–H groups in total. The van der Waals surface area contributed by atoms with Crippen LogP contribution in [-0.2, 0) is 0 Å². The van der Waals surface area contributed by atoms with Crippen LogP contribution in [0.3, 0.4) is 0 Å². The molecular formula is C13H23BCl2N2O3. The van der Waals surface area contributed by atoms with E-state index in [0.717, 1.165) is 0 Å². The summed E-state index contributed by atoms with van der Waals surface area (Å²) in [5.41, 5.74) is 6.58. The highest BCUT2D eigenvalue weighted by Gasteiger charge is 2.15. The predicted molar refractivity (Wildman–Crippen MR) is 89.6 cm³/mol. The highest BCUT2D eigenvalue weighted by atomic mass is 35.5. The van der Waals surface area contributed by atoms with Gasteiger partial charge in [-0.3, -0.25) is 0 Å². The number of anilines is 1. The van der Waals surface area contributed by atoms with E-state index in [1.54, 1.807) is 12.1 Å². The summed E-state index contributed by atoms with van der Waals surface area (Å²) in [4.78, 5) is 0. The Hall–Kier alpha value is -0.495. The summed E-state index contributed by atoms with van der Waals surface area (Å²) >= 11 is 11.8. The molecule has 0 radical (unpaired) electrons. The van der Waals surface area contributed by atoms with Gasteiger partial charge in [-0.25, -0.2) is 0 Å². The summed E-state index contributed by atoms with van der Waals surface area (Å²) in [6.07, 6.45) is -0.662. The fourth-order valence-corrected chi connectivity index (χ4v) is 1.82. The Balaban J connectivity index is 0.000000885. The van der Waals surface area contributed by atoms with E-state index in [9.17, 15) is 5.11 Å². The number of halogens is 2. The maximum Gasteiger partial charge on any atom is 0.448 e. The van der Waals surface area contributed by atoms with Gasteiger partial charge in [0.2, 0.25) is 0 Å². The van der Waals surface area contributed by atoms with E-state index in [1.807, 2.05) is 20.8 Å². The maximum atomic E-state index is 10.0. The molecule has 21 heavy (non-hydrogen) atoms. The standard InChI is InChI=1S/C12H18Cl2N2O.CH5BO2/c1-12(2,3)16-6-10(17)7-4-8(13)11(15)9(14)5-7;1-2(3)4/h4-5,10,16-17H,6,15H2,1-3H3;3-4H,1H3. The summed E-state index contributed by atoms with van der Waals surface area (Å²) in [5.74, 6) is 0. The van der Waals surface area contributed by atoms with Crippen molar-refractivity contribution in [1.29, 1.82) is 0 Å². The second-order valence-corrected chi connectivity index (χ2v) is 6.49. The molecule has 0 saturated carbocycles. The van der Waals surface area contributed by atoms with Crippen LogP contribution in [0.2, 0.25) is 16.9 Å². The van der Waals surface area contributed by atoms with Crippen LogP contribution in [0.15, 0.2) is 12.1 Å². The monoisotopic (exact) mass is 336 g/mol. The van der Waals surface area contributed by atoms with Crippen LogP contribution in [0.5, 0.6) is 0 Å². The Morgan fingerprint density at radius 3 is 1.95 bits per heavy atom. The molecular weight excluding hydrogens is 314 g/mol. The van der Waals surface area contributed by atoms with Gasteiger partial charge in [0.15, 0.2) is 0 Å². The molecule has 120 valence electrons. The minimum atomic E-state index is -1.17. The first kappa shape index (κ1) is 20.5. The second-order valence-electron chi connectivity index (χ2n) is 5.68. The van der Waals surface area contributed by atoms with Crippen LogP contribution < -0.4 is 11.1 Å². The minimum absolute atomic E-state index is 0.0532. The van der Waals surface area contributed by atoms with Gasteiger partial charge in [0.05, 0.1) is 21.8 Å². The van der Waals surface area contributed by atoms with Crippen molar-refractivity contribution in [2.45, 2.75) is 39.2 Å². The molecule has 0 fully saturated rings. The first-order valence-electron chi connectivity index (χ1n) is 6.47. The average Bonchev–Trinajstić information content (AvgIpc) is 2.30. The molecule has 0 amide bonds. The van der Waals surface area contributed by atoms with E-state index >= 15 is 0 Å². The lowest BCUT2D eigenvalue weighted by molar-refractivity contribution is 0.163. The molecule has 0 aliphatic rings. The van der Waals surface area contributed by atoms with E-state index in [2.05, 4.69) is 5.32 Å². The lowest BCUT2D eigenvalue weighted by Crippen LogP contribution is -2.38. The molecule has 0 aromatic heterocycles. The topological polar surface area (TPSA) is 98.7 Å². The molecule has 0 aliphatic carbocycles. The van der Waals surface area contributed by atoms with Gasteiger partial charge in [-0.15, -0.1) is 0 Å². The molecule has 0 aliphatic heterocycles. The van der Waals surface area contributed by atoms with Crippen molar-refractivity contribution in [1.82, 2.24) is 5.32 Å². The Morgan fingerprint density at radius 1 is 1.24 bits per heavy atom. The van der Waals surface area contributed by atoms with Gasteiger partial charge < -0.3 is 26.2 Å². The highest BCUT2D eigenvalue weighted by molar-refractivity contribution is 6.39. The molecule has 1 unspecified atom stereocenters. The summed E-state index contributed by atoms with van der Waals surface area (Å²) in [6.45, 7) is 7.80. The number of nitrogens with one attached hydrogen (secondary N) is 1. The summed E-state index contributed by atoms with van der Waals surface area (Å²) in [5, 5.41) is 29.2. The summed E-state index contributed by atoms with van der Waals surface area (Å²) in [7, 11) is -1.17. The lowest BCUT2D eigenvalue weighted by Gasteiger charge is -2.23. The number of aliphatic hydroxyl groups is 1. The number of hydrogen-bond acceptors (Lipinski definition) is 5. The summed E-state index contributed by atoms with van der Waals surface area (Å²) in [6, 6.07) is 3.27. The number of rotatable bonds is 3. The first-order valence-corrected chi connectivity index (χ1v) is 7.23. The molecule has 0 heterocycles. The zero-order valence-corrected chi connectivity index (χ0v) is 14.2. The number of hydrogen-bond donors (Lipinski definition) is 5. The van der Waals surface area contributed by atoms with Crippen LogP contribution >= 0.6 is 23.2 Å². The van der Waals surface area contributed by atoms with Crippen molar-refractivity contribution in [3.8, 4) is 0 Å². The quantitative estimate of drug-likeness (QED) is 0.430. The van der Waals surface area contributed by atoms with Gasteiger partial charge >= 0.3 is 7.12 Å². The molecule has 1 atom stereocenters. The lowest BCUT2D eigenvalue weighted by atomic mass is 9.99.